The molecule has 6 nitrogen and oxygen atoms in total. The number of ether oxygens (including phenoxy) is 2. The molecular formula is C18H27N3O3S. The largest absolute Gasteiger partial charge is 0.493 e. The van der Waals surface area contributed by atoms with Gasteiger partial charge < -0.3 is 14.8 Å². The normalized spacial score (nSPS) is 10.6. The van der Waals surface area contributed by atoms with Gasteiger partial charge in [0.2, 0.25) is 0 Å². The molecule has 0 aliphatic heterocycles. The molecule has 0 spiro atoms. The standard InChI is InChI=1S/C18H27N3O3S/c1-5-6-14-7-8-15(16(11-14)23-4)24-12-17(22)20-21-18(25)19-10-9-13(2)3/h5-8,11,13H,9-10,12H2,1-4H3,(H,20,22)(H2,19,21,25)/b6-5+. The highest BCUT2D eigenvalue weighted by molar-refractivity contribution is 7.80. The number of hydrogen-bond donors (Lipinski definition) is 3. The van der Waals surface area contributed by atoms with Gasteiger partial charge in [-0.1, -0.05) is 32.1 Å². The maximum atomic E-state index is 11.8. The minimum absolute atomic E-state index is 0.152. The summed E-state index contributed by atoms with van der Waals surface area (Å²) in [5.41, 5.74) is 6.13. The van der Waals surface area contributed by atoms with Crippen molar-refractivity contribution >= 4 is 29.3 Å². The highest BCUT2D eigenvalue weighted by atomic mass is 32.1. The third-order valence-electron chi connectivity index (χ3n) is 3.23. The van der Waals surface area contributed by atoms with E-state index in [0.717, 1.165) is 18.5 Å². The molecule has 0 aliphatic carbocycles. The molecule has 0 radical (unpaired) electrons. The first kappa shape index (κ1) is 20.8. The third-order valence-corrected chi connectivity index (χ3v) is 3.47. The molecule has 7 heteroatoms. The number of amides is 1. The Morgan fingerprint density at radius 2 is 2.04 bits per heavy atom. The van der Waals surface area contributed by atoms with Crippen LogP contribution in [0.3, 0.4) is 0 Å². The predicted molar refractivity (Wildman–Crippen MR) is 105 cm³/mol. The van der Waals surface area contributed by atoms with Crippen molar-refractivity contribution in [1.82, 2.24) is 16.2 Å². The average Bonchev–Trinajstić information content (AvgIpc) is 2.58. The first-order chi connectivity index (χ1) is 12.0. The Morgan fingerprint density at radius 1 is 1.28 bits per heavy atom. The zero-order valence-corrected chi connectivity index (χ0v) is 16.0. The molecule has 0 aromatic heterocycles. The van der Waals surface area contributed by atoms with E-state index in [9.17, 15) is 4.79 Å². The van der Waals surface area contributed by atoms with Crippen molar-refractivity contribution in [3.63, 3.8) is 0 Å². The maximum absolute atomic E-state index is 11.8. The van der Waals surface area contributed by atoms with Crippen molar-refractivity contribution in [1.29, 1.82) is 0 Å². The number of carbonyl (C=O) groups is 1. The van der Waals surface area contributed by atoms with Crippen LogP contribution in [0.15, 0.2) is 24.3 Å². The van der Waals surface area contributed by atoms with E-state index in [-0.39, 0.29) is 12.5 Å². The van der Waals surface area contributed by atoms with Crippen LogP contribution in [0.2, 0.25) is 0 Å². The van der Waals surface area contributed by atoms with Crippen LogP contribution in [0.25, 0.3) is 6.08 Å². The number of rotatable bonds is 8. The van der Waals surface area contributed by atoms with Crippen molar-refractivity contribution in [2.75, 3.05) is 20.3 Å². The summed E-state index contributed by atoms with van der Waals surface area (Å²) in [6, 6.07) is 5.51. The minimum Gasteiger partial charge on any atom is -0.493 e. The Kier molecular flexibility index (Phi) is 9.39. The molecular weight excluding hydrogens is 338 g/mol. The van der Waals surface area contributed by atoms with E-state index in [1.54, 1.807) is 13.2 Å². The average molecular weight is 365 g/mol. The Morgan fingerprint density at radius 3 is 2.68 bits per heavy atom. The molecule has 1 amide bonds. The van der Waals surface area contributed by atoms with Crippen LogP contribution in [-0.4, -0.2) is 31.3 Å². The second-order valence-electron chi connectivity index (χ2n) is 5.81. The lowest BCUT2D eigenvalue weighted by molar-refractivity contribution is -0.123. The van der Waals surface area contributed by atoms with Gasteiger partial charge in [-0.2, -0.15) is 0 Å². The van der Waals surface area contributed by atoms with Gasteiger partial charge in [-0.3, -0.25) is 15.6 Å². The van der Waals surface area contributed by atoms with E-state index in [4.69, 9.17) is 21.7 Å². The van der Waals surface area contributed by atoms with Gasteiger partial charge in [0, 0.05) is 6.54 Å². The Balaban J connectivity index is 2.40. The van der Waals surface area contributed by atoms with E-state index in [2.05, 4.69) is 30.0 Å². The summed E-state index contributed by atoms with van der Waals surface area (Å²) in [6.45, 7) is 6.82. The van der Waals surface area contributed by atoms with Crippen LogP contribution in [0.4, 0.5) is 0 Å². The van der Waals surface area contributed by atoms with Crippen LogP contribution in [0.1, 0.15) is 32.8 Å². The SMILES string of the molecule is C/C=C/c1ccc(OCC(=O)NNC(=S)NCCC(C)C)c(OC)c1. The van der Waals surface area contributed by atoms with Crippen LogP contribution in [0, 0.1) is 5.92 Å². The topological polar surface area (TPSA) is 71.6 Å². The van der Waals surface area contributed by atoms with Gasteiger partial charge in [-0.15, -0.1) is 0 Å². The number of benzene rings is 1. The second kappa shape index (κ2) is 11.3. The van der Waals surface area contributed by atoms with Gasteiger partial charge in [0.05, 0.1) is 7.11 Å². The van der Waals surface area contributed by atoms with Gasteiger partial charge in [0.15, 0.2) is 23.2 Å². The van der Waals surface area contributed by atoms with Crippen molar-refractivity contribution < 1.29 is 14.3 Å². The van der Waals surface area contributed by atoms with Crippen LogP contribution in [0.5, 0.6) is 11.5 Å². The molecule has 0 saturated heterocycles. The van der Waals surface area contributed by atoms with Crippen molar-refractivity contribution in [3.05, 3.63) is 29.8 Å². The summed E-state index contributed by atoms with van der Waals surface area (Å²) in [5.74, 6) is 1.32. The minimum atomic E-state index is -0.340. The Bertz CT molecular complexity index is 603. The fourth-order valence-corrected chi connectivity index (χ4v) is 2.08. The summed E-state index contributed by atoms with van der Waals surface area (Å²) in [4.78, 5) is 11.8. The van der Waals surface area contributed by atoms with Gasteiger partial charge in [0.25, 0.3) is 5.91 Å². The molecule has 1 aromatic carbocycles. The summed E-state index contributed by atoms with van der Waals surface area (Å²) < 4.78 is 10.8. The number of methoxy groups -OCH3 is 1. The summed E-state index contributed by atoms with van der Waals surface area (Å²) in [6.07, 6.45) is 4.89. The zero-order chi connectivity index (χ0) is 18.7. The highest BCUT2D eigenvalue weighted by Crippen LogP contribution is 2.28. The smallest absolute Gasteiger partial charge is 0.276 e. The molecule has 0 bridgehead atoms. The summed E-state index contributed by atoms with van der Waals surface area (Å²) >= 11 is 5.08. The fraction of sp³-hybridized carbons (Fsp3) is 0.444. The summed E-state index contributed by atoms with van der Waals surface area (Å²) in [5, 5.41) is 3.40. The zero-order valence-electron chi connectivity index (χ0n) is 15.2. The number of carbonyl (C=O) groups excluding carboxylic acids is 1. The quantitative estimate of drug-likeness (QED) is 0.486. The number of allylic oxidation sites excluding steroid dienone is 1. The van der Waals surface area contributed by atoms with Crippen molar-refractivity contribution in [2.45, 2.75) is 27.2 Å². The predicted octanol–water partition coefficient (Wildman–Crippen LogP) is 2.65. The van der Waals surface area contributed by atoms with Gasteiger partial charge in [0.1, 0.15) is 0 Å². The van der Waals surface area contributed by atoms with Crippen molar-refractivity contribution in [3.8, 4) is 11.5 Å². The van der Waals surface area contributed by atoms with Crippen LogP contribution in [-0.2, 0) is 4.79 Å². The second-order valence-corrected chi connectivity index (χ2v) is 6.22. The van der Waals surface area contributed by atoms with E-state index in [0.29, 0.717) is 22.5 Å². The number of thiocarbonyl (C=S) groups is 1. The molecule has 1 aromatic rings. The Hall–Kier alpha value is -2.28. The molecule has 0 saturated carbocycles. The van der Waals surface area contributed by atoms with Gasteiger partial charge >= 0.3 is 0 Å². The number of hydrogen-bond acceptors (Lipinski definition) is 4. The lowest BCUT2D eigenvalue weighted by Gasteiger charge is -2.14. The maximum Gasteiger partial charge on any atom is 0.276 e. The Labute approximate surface area is 154 Å². The lowest BCUT2D eigenvalue weighted by atomic mass is 10.1. The molecule has 0 aliphatic rings. The highest BCUT2D eigenvalue weighted by Gasteiger charge is 2.08. The van der Waals surface area contributed by atoms with Crippen LogP contribution < -0.4 is 25.6 Å². The molecule has 138 valence electrons. The molecule has 0 atom stereocenters. The molecule has 0 heterocycles. The van der Waals surface area contributed by atoms with E-state index in [1.165, 1.54) is 0 Å². The molecule has 0 fully saturated rings. The first-order valence-electron chi connectivity index (χ1n) is 8.22. The van der Waals surface area contributed by atoms with Crippen LogP contribution >= 0.6 is 12.2 Å². The van der Waals surface area contributed by atoms with Gasteiger partial charge in [-0.05, 0) is 49.2 Å². The summed E-state index contributed by atoms with van der Waals surface area (Å²) in [7, 11) is 1.56. The van der Waals surface area contributed by atoms with E-state index in [1.807, 2.05) is 31.2 Å². The third kappa shape index (κ3) is 8.39. The van der Waals surface area contributed by atoms with E-state index < -0.39 is 0 Å². The molecule has 3 N–H and O–H groups in total. The van der Waals surface area contributed by atoms with E-state index >= 15 is 0 Å². The monoisotopic (exact) mass is 365 g/mol. The van der Waals surface area contributed by atoms with Gasteiger partial charge in [-0.25, -0.2) is 0 Å². The molecule has 0 unspecified atom stereocenters. The van der Waals surface area contributed by atoms with Crippen molar-refractivity contribution in [2.24, 2.45) is 5.92 Å². The number of hydrazine groups is 1. The lowest BCUT2D eigenvalue weighted by Crippen LogP contribution is -2.48. The molecule has 25 heavy (non-hydrogen) atoms. The number of nitrogens with one attached hydrogen (secondary N) is 3. The fourth-order valence-electron chi connectivity index (χ4n) is 1.92. The molecule has 1 rings (SSSR count). The first-order valence-corrected chi connectivity index (χ1v) is 8.63.